The lowest BCUT2D eigenvalue weighted by Gasteiger charge is -2.20. The maximum Gasteiger partial charge on any atom is 0.255 e. The average molecular weight is 279 g/mol. The van der Waals surface area contributed by atoms with E-state index < -0.39 is 0 Å². The molecule has 110 valence electrons. The van der Waals surface area contributed by atoms with Crippen molar-refractivity contribution in [1.82, 2.24) is 5.32 Å². The van der Waals surface area contributed by atoms with Crippen molar-refractivity contribution in [1.29, 1.82) is 0 Å². The Kier molecular flexibility index (Phi) is 4.84. The van der Waals surface area contributed by atoms with Gasteiger partial charge >= 0.3 is 0 Å². The molecule has 0 aliphatic heterocycles. The van der Waals surface area contributed by atoms with Crippen LogP contribution in [0.5, 0.6) is 11.5 Å². The van der Waals surface area contributed by atoms with Crippen molar-refractivity contribution in [2.24, 2.45) is 5.92 Å². The van der Waals surface area contributed by atoms with Gasteiger partial charge in [-0.05, 0) is 25.0 Å². The first-order valence-corrected chi connectivity index (χ1v) is 6.84. The van der Waals surface area contributed by atoms with Gasteiger partial charge in [0.25, 0.3) is 5.91 Å². The first-order valence-electron chi connectivity index (χ1n) is 6.84. The molecule has 0 heterocycles. The molecule has 1 fully saturated rings. The molecule has 0 aromatic heterocycles. The molecule has 0 radical (unpaired) electrons. The van der Waals surface area contributed by atoms with Crippen LogP contribution in [0.2, 0.25) is 0 Å². The SMILES string of the molecule is COc1cccc(C(=O)NC2CCCC2CO)c1OC. The molecule has 20 heavy (non-hydrogen) atoms. The van der Waals surface area contributed by atoms with Crippen LogP contribution in [-0.2, 0) is 0 Å². The second-order valence-electron chi connectivity index (χ2n) is 4.99. The summed E-state index contributed by atoms with van der Waals surface area (Å²) < 4.78 is 10.5. The molecule has 2 N–H and O–H groups in total. The minimum absolute atomic E-state index is 0.0309. The standard InChI is InChI=1S/C15H21NO4/c1-19-13-8-4-6-11(14(13)20-2)15(18)16-12-7-3-5-10(12)9-17/h4,6,8,10,12,17H,3,5,7,9H2,1-2H3,(H,16,18). The van der Waals surface area contributed by atoms with Crippen molar-refractivity contribution in [3.8, 4) is 11.5 Å². The normalized spacial score (nSPS) is 21.6. The van der Waals surface area contributed by atoms with Gasteiger partial charge in [-0.2, -0.15) is 0 Å². The van der Waals surface area contributed by atoms with Crippen LogP contribution in [0, 0.1) is 5.92 Å². The summed E-state index contributed by atoms with van der Waals surface area (Å²) in [5, 5.41) is 12.3. The number of aliphatic hydroxyl groups excluding tert-OH is 1. The number of aliphatic hydroxyl groups is 1. The monoisotopic (exact) mass is 279 g/mol. The average Bonchev–Trinajstić information content (AvgIpc) is 2.93. The Morgan fingerprint density at radius 2 is 2.15 bits per heavy atom. The molecule has 0 saturated heterocycles. The van der Waals surface area contributed by atoms with E-state index in [-0.39, 0.29) is 24.5 Å². The largest absolute Gasteiger partial charge is 0.493 e. The van der Waals surface area contributed by atoms with Gasteiger partial charge < -0.3 is 19.9 Å². The number of carbonyl (C=O) groups is 1. The molecule has 2 unspecified atom stereocenters. The highest BCUT2D eigenvalue weighted by Crippen LogP contribution is 2.31. The van der Waals surface area contributed by atoms with Crippen LogP contribution < -0.4 is 14.8 Å². The molecule has 1 aromatic rings. The number of hydrogen-bond acceptors (Lipinski definition) is 4. The van der Waals surface area contributed by atoms with Crippen molar-refractivity contribution in [3.05, 3.63) is 23.8 Å². The van der Waals surface area contributed by atoms with Crippen LogP contribution in [0.15, 0.2) is 18.2 Å². The van der Waals surface area contributed by atoms with E-state index in [0.717, 1.165) is 19.3 Å². The van der Waals surface area contributed by atoms with Crippen molar-refractivity contribution < 1.29 is 19.4 Å². The van der Waals surface area contributed by atoms with Crippen molar-refractivity contribution in [2.75, 3.05) is 20.8 Å². The molecular formula is C15H21NO4. The molecular weight excluding hydrogens is 258 g/mol. The Bertz CT molecular complexity index is 475. The lowest BCUT2D eigenvalue weighted by Crippen LogP contribution is -2.38. The fourth-order valence-corrected chi connectivity index (χ4v) is 2.76. The molecule has 1 aromatic carbocycles. The first kappa shape index (κ1) is 14.7. The van der Waals surface area contributed by atoms with E-state index in [9.17, 15) is 9.90 Å². The van der Waals surface area contributed by atoms with Gasteiger partial charge in [0.2, 0.25) is 0 Å². The van der Waals surface area contributed by atoms with E-state index >= 15 is 0 Å². The highest BCUT2D eigenvalue weighted by Gasteiger charge is 2.29. The van der Waals surface area contributed by atoms with Gasteiger partial charge in [-0.3, -0.25) is 4.79 Å². The van der Waals surface area contributed by atoms with Gasteiger partial charge in [-0.25, -0.2) is 0 Å². The fraction of sp³-hybridized carbons (Fsp3) is 0.533. The quantitative estimate of drug-likeness (QED) is 0.859. The molecule has 1 saturated carbocycles. The minimum Gasteiger partial charge on any atom is -0.493 e. The summed E-state index contributed by atoms with van der Waals surface area (Å²) in [6, 6.07) is 5.25. The van der Waals surface area contributed by atoms with Crippen LogP contribution in [0.4, 0.5) is 0 Å². The lowest BCUT2D eigenvalue weighted by molar-refractivity contribution is 0.0912. The Labute approximate surface area is 118 Å². The molecule has 2 rings (SSSR count). The number of para-hydroxylation sites is 1. The van der Waals surface area contributed by atoms with Gasteiger partial charge in [0, 0.05) is 18.6 Å². The summed E-state index contributed by atoms with van der Waals surface area (Å²) in [6.07, 6.45) is 2.89. The van der Waals surface area contributed by atoms with E-state index in [1.54, 1.807) is 18.2 Å². The summed E-state index contributed by atoms with van der Waals surface area (Å²) in [7, 11) is 3.05. The second kappa shape index (κ2) is 6.61. The number of methoxy groups -OCH3 is 2. The summed E-state index contributed by atoms with van der Waals surface area (Å²) in [4.78, 5) is 12.4. The number of benzene rings is 1. The molecule has 2 atom stereocenters. The van der Waals surface area contributed by atoms with Gasteiger partial charge in [0.15, 0.2) is 11.5 Å². The molecule has 1 amide bonds. The Morgan fingerprint density at radius 1 is 1.35 bits per heavy atom. The number of rotatable bonds is 5. The molecule has 1 aliphatic rings. The van der Waals surface area contributed by atoms with E-state index in [2.05, 4.69) is 5.32 Å². The first-order chi connectivity index (χ1) is 9.71. The van der Waals surface area contributed by atoms with Gasteiger partial charge in [-0.1, -0.05) is 12.5 Å². The Balaban J connectivity index is 2.17. The Hall–Kier alpha value is -1.75. The van der Waals surface area contributed by atoms with E-state index in [1.807, 2.05) is 0 Å². The third-order valence-electron chi connectivity index (χ3n) is 3.86. The summed E-state index contributed by atoms with van der Waals surface area (Å²) in [6.45, 7) is 0.111. The third-order valence-corrected chi connectivity index (χ3v) is 3.86. The van der Waals surface area contributed by atoms with Gasteiger partial charge in [-0.15, -0.1) is 0 Å². The molecule has 0 spiro atoms. The van der Waals surface area contributed by atoms with E-state index in [0.29, 0.717) is 17.1 Å². The van der Waals surface area contributed by atoms with E-state index in [4.69, 9.17) is 9.47 Å². The van der Waals surface area contributed by atoms with Crippen LogP contribution >= 0.6 is 0 Å². The van der Waals surface area contributed by atoms with Crippen molar-refractivity contribution in [2.45, 2.75) is 25.3 Å². The molecule has 1 aliphatic carbocycles. The zero-order valence-electron chi connectivity index (χ0n) is 11.9. The Morgan fingerprint density at radius 3 is 2.80 bits per heavy atom. The van der Waals surface area contributed by atoms with Crippen LogP contribution in [-0.4, -0.2) is 37.9 Å². The number of nitrogens with one attached hydrogen (secondary N) is 1. The lowest BCUT2D eigenvalue weighted by atomic mass is 10.0. The maximum absolute atomic E-state index is 12.4. The van der Waals surface area contributed by atoms with Gasteiger partial charge in [0.05, 0.1) is 19.8 Å². The number of hydrogen-bond donors (Lipinski definition) is 2. The predicted molar refractivity (Wildman–Crippen MR) is 75.2 cm³/mol. The smallest absolute Gasteiger partial charge is 0.255 e. The predicted octanol–water partition coefficient (Wildman–Crippen LogP) is 1.59. The highest BCUT2D eigenvalue weighted by molar-refractivity contribution is 5.98. The van der Waals surface area contributed by atoms with E-state index in [1.165, 1.54) is 14.2 Å². The fourth-order valence-electron chi connectivity index (χ4n) is 2.76. The topological polar surface area (TPSA) is 67.8 Å². The molecule has 5 nitrogen and oxygen atoms in total. The highest BCUT2D eigenvalue weighted by atomic mass is 16.5. The number of carbonyl (C=O) groups excluding carboxylic acids is 1. The third kappa shape index (κ3) is 2.88. The van der Waals surface area contributed by atoms with Crippen molar-refractivity contribution >= 4 is 5.91 Å². The van der Waals surface area contributed by atoms with Crippen LogP contribution in [0.3, 0.4) is 0 Å². The van der Waals surface area contributed by atoms with Crippen LogP contribution in [0.1, 0.15) is 29.6 Å². The van der Waals surface area contributed by atoms with Gasteiger partial charge in [0.1, 0.15) is 0 Å². The number of ether oxygens (including phenoxy) is 2. The minimum atomic E-state index is -0.189. The summed E-state index contributed by atoms with van der Waals surface area (Å²) in [5.41, 5.74) is 0.454. The zero-order chi connectivity index (χ0) is 14.5. The number of amides is 1. The summed E-state index contributed by atoms with van der Waals surface area (Å²) in [5.74, 6) is 0.929. The second-order valence-corrected chi connectivity index (χ2v) is 4.99. The molecule has 5 heteroatoms. The zero-order valence-corrected chi connectivity index (χ0v) is 11.9. The van der Waals surface area contributed by atoms with Crippen LogP contribution in [0.25, 0.3) is 0 Å². The summed E-state index contributed by atoms with van der Waals surface area (Å²) >= 11 is 0. The van der Waals surface area contributed by atoms with Crippen molar-refractivity contribution in [3.63, 3.8) is 0 Å². The maximum atomic E-state index is 12.4. The molecule has 0 bridgehead atoms.